The zero-order chi connectivity index (χ0) is 15.1. The van der Waals surface area contributed by atoms with Crippen LogP contribution >= 0.6 is 15.9 Å². The summed E-state index contributed by atoms with van der Waals surface area (Å²) in [6.45, 7) is -0.0252. The first-order valence-electron chi connectivity index (χ1n) is 5.40. The molecule has 1 rings (SSSR count). The minimum Gasteiger partial charge on any atom is -0.478 e. The van der Waals surface area contributed by atoms with Gasteiger partial charge in [-0.3, -0.25) is 0 Å². The van der Waals surface area contributed by atoms with Gasteiger partial charge in [0.15, 0.2) is 0 Å². The molecule has 0 aliphatic rings. The monoisotopic (exact) mass is 345 g/mol. The lowest BCUT2D eigenvalue weighted by molar-refractivity contribution is 0.0698. The molecule has 0 radical (unpaired) electrons. The molecule has 1 aromatic rings. The van der Waals surface area contributed by atoms with Gasteiger partial charge in [0.05, 0.1) is 17.8 Å². The maximum Gasteiger partial charge on any atom is 0.404 e. The van der Waals surface area contributed by atoms with Gasteiger partial charge in [-0.05, 0) is 18.2 Å². The van der Waals surface area contributed by atoms with E-state index >= 15 is 0 Å². The van der Waals surface area contributed by atoms with E-state index in [0.717, 1.165) is 0 Å². The molecule has 5 N–H and O–H groups in total. The molecule has 0 fully saturated rings. The lowest BCUT2D eigenvalue weighted by atomic mass is 10.2. The van der Waals surface area contributed by atoms with E-state index in [9.17, 15) is 14.4 Å². The summed E-state index contributed by atoms with van der Waals surface area (Å²) in [5.74, 6) is -1.17. The molecule has 0 aliphatic heterocycles. The summed E-state index contributed by atoms with van der Waals surface area (Å²) in [4.78, 5) is 32.8. The number of hydrogen-bond donors (Lipinski definition) is 4. The van der Waals surface area contributed by atoms with Crippen LogP contribution in [0.1, 0.15) is 10.4 Å². The van der Waals surface area contributed by atoms with E-state index in [1.807, 2.05) is 0 Å². The number of halogens is 1. The third-order valence-corrected chi connectivity index (χ3v) is 2.59. The molecule has 8 nitrogen and oxygen atoms in total. The third kappa shape index (κ3) is 5.14. The highest BCUT2D eigenvalue weighted by atomic mass is 79.9. The average Bonchev–Trinajstić information content (AvgIpc) is 2.36. The smallest absolute Gasteiger partial charge is 0.404 e. The van der Waals surface area contributed by atoms with Gasteiger partial charge in [0.2, 0.25) is 0 Å². The number of hydrogen-bond acceptors (Lipinski definition) is 4. The molecule has 0 atom stereocenters. The topological polar surface area (TPSA) is 131 Å². The molecule has 1 aromatic carbocycles. The van der Waals surface area contributed by atoms with Crippen molar-refractivity contribution >= 4 is 39.7 Å². The van der Waals surface area contributed by atoms with Gasteiger partial charge >= 0.3 is 18.1 Å². The number of benzene rings is 1. The Hall–Kier alpha value is -2.29. The number of nitrogens with one attached hydrogen (secondary N) is 2. The van der Waals surface area contributed by atoms with Gasteiger partial charge < -0.3 is 26.2 Å². The minimum atomic E-state index is -1.17. The van der Waals surface area contributed by atoms with Crippen LogP contribution in [0.4, 0.5) is 15.3 Å². The van der Waals surface area contributed by atoms with Gasteiger partial charge in [-0.1, -0.05) is 15.9 Å². The summed E-state index contributed by atoms with van der Waals surface area (Å²) >= 11 is 3.14. The highest BCUT2D eigenvalue weighted by molar-refractivity contribution is 9.10. The van der Waals surface area contributed by atoms with Crippen LogP contribution in [-0.2, 0) is 4.74 Å². The average molecular weight is 346 g/mol. The van der Waals surface area contributed by atoms with Gasteiger partial charge in [-0.2, -0.15) is 0 Å². The third-order valence-electron chi connectivity index (χ3n) is 2.09. The quantitative estimate of drug-likeness (QED) is 0.598. The van der Waals surface area contributed by atoms with Crippen molar-refractivity contribution in [3.05, 3.63) is 28.2 Å². The molecule has 3 amide bonds. The second-order valence-electron chi connectivity index (χ2n) is 3.54. The number of anilines is 1. The normalized spacial score (nSPS) is 9.65. The zero-order valence-electron chi connectivity index (χ0n) is 10.2. The Balaban J connectivity index is 2.57. The number of nitrogens with two attached hydrogens (primary N) is 1. The summed E-state index contributed by atoms with van der Waals surface area (Å²) in [5.41, 5.74) is 4.84. The second-order valence-corrected chi connectivity index (χ2v) is 4.46. The molecule has 0 bridgehead atoms. The van der Waals surface area contributed by atoms with Crippen LogP contribution in [0.25, 0.3) is 0 Å². The number of urea groups is 1. The molecule has 0 aromatic heterocycles. The van der Waals surface area contributed by atoms with E-state index in [4.69, 9.17) is 10.8 Å². The summed E-state index contributed by atoms with van der Waals surface area (Å²) < 4.78 is 5.00. The van der Waals surface area contributed by atoms with Gasteiger partial charge in [0, 0.05) is 4.47 Å². The molecule has 0 aliphatic carbocycles. The number of carboxylic acids is 1. The molecule has 0 saturated carbocycles. The molecule has 0 saturated heterocycles. The van der Waals surface area contributed by atoms with Crippen LogP contribution in [-0.4, -0.2) is 36.4 Å². The number of aromatic carboxylic acids is 1. The number of ether oxygens (including phenoxy) is 1. The maximum atomic E-state index is 11.5. The first-order chi connectivity index (χ1) is 9.40. The van der Waals surface area contributed by atoms with Crippen LogP contribution in [0.3, 0.4) is 0 Å². The van der Waals surface area contributed by atoms with Crippen molar-refractivity contribution in [2.24, 2.45) is 5.73 Å². The first-order valence-corrected chi connectivity index (χ1v) is 6.19. The van der Waals surface area contributed by atoms with Gasteiger partial charge in [0.1, 0.15) is 6.61 Å². The first kappa shape index (κ1) is 15.8. The fraction of sp³-hybridized carbons (Fsp3) is 0.182. The Morgan fingerprint density at radius 1 is 1.35 bits per heavy atom. The SMILES string of the molecule is NC(=O)OCCNC(=O)Nc1ccc(Br)cc1C(=O)O. The van der Waals surface area contributed by atoms with Crippen LogP contribution in [0.5, 0.6) is 0 Å². The molecule has 20 heavy (non-hydrogen) atoms. The zero-order valence-corrected chi connectivity index (χ0v) is 11.8. The Kier molecular flexibility index (Phi) is 5.78. The summed E-state index contributed by atoms with van der Waals surface area (Å²) in [7, 11) is 0. The van der Waals surface area contributed by atoms with E-state index in [1.54, 1.807) is 6.07 Å². The molecule has 0 unspecified atom stereocenters. The van der Waals surface area contributed by atoms with Crippen molar-refractivity contribution in [1.82, 2.24) is 5.32 Å². The van der Waals surface area contributed by atoms with E-state index < -0.39 is 18.1 Å². The largest absolute Gasteiger partial charge is 0.478 e. The highest BCUT2D eigenvalue weighted by Crippen LogP contribution is 2.20. The lowest BCUT2D eigenvalue weighted by Crippen LogP contribution is -2.33. The Morgan fingerprint density at radius 3 is 2.65 bits per heavy atom. The number of carbonyl (C=O) groups is 3. The summed E-state index contributed by atoms with van der Waals surface area (Å²) in [5, 5.41) is 13.8. The number of carbonyl (C=O) groups excluding carboxylic acids is 2. The van der Waals surface area contributed by atoms with Crippen LogP contribution < -0.4 is 16.4 Å². The lowest BCUT2D eigenvalue weighted by Gasteiger charge is -2.10. The minimum absolute atomic E-state index is 0.0493. The van der Waals surface area contributed by atoms with Crippen molar-refractivity contribution < 1.29 is 24.2 Å². The molecule has 0 spiro atoms. The van der Waals surface area contributed by atoms with Crippen LogP contribution in [0.2, 0.25) is 0 Å². The Morgan fingerprint density at radius 2 is 2.05 bits per heavy atom. The number of primary amides is 1. The van der Waals surface area contributed by atoms with E-state index in [2.05, 4.69) is 31.3 Å². The van der Waals surface area contributed by atoms with E-state index in [0.29, 0.717) is 4.47 Å². The predicted octanol–water partition coefficient (Wildman–Crippen LogP) is 1.36. The fourth-order valence-electron chi connectivity index (χ4n) is 1.29. The molecular formula is C11H12BrN3O5. The van der Waals surface area contributed by atoms with Crippen LogP contribution in [0.15, 0.2) is 22.7 Å². The molecule has 108 valence electrons. The Labute approximate surface area is 122 Å². The van der Waals surface area contributed by atoms with Crippen molar-refractivity contribution in [1.29, 1.82) is 0 Å². The fourth-order valence-corrected chi connectivity index (χ4v) is 1.65. The highest BCUT2D eigenvalue weighted by Gasteiger charge is 2.12. The van der Waals surface area contributed by atoms with E-state index in [-0.39, 0.29) is 24.4 Å². The van der Waals surface area contributed by atoms with Gasteiger partial charge in [-0.25, -0.2) is 14.4 Å². The number of amides is 3. The van der Waals surface area contributed by atoms with Gasteiger partial charge in [0.25, 0.3) is 0 Å². The van der Waals surface area contributed by atoms with Crippen molar-refractivity contribution in [2.75, 3.05) is 18.5 Å². The number of carboxylic acid groups (broad SMARTS) is 1. The molecule has 9 heteroatoms. The molecular weight excluding hydrogens is 334 g/mol. The second kappa shape index (κ2) is 7.34. The molecule has 0 heterocycles. The summed E-state index contributed by atoms with van der Waals surface area (Å²) in [6.07, 6.45) is -0.937. The van der Waals surface area contributed by atoms with E-state index in [1.165, 1.54) is 12.1 Å². The Bertz CT molecular complexity index is 535. The number of rotatable bonds is 5. The maximum absolute atomic E-state index is 11.5. The van der Waals surface area contributed by atoms with Crippen molar-refractivity contribution in [3.63, 3.8) is 0 Å². The van der Waals surface area contributed by atoms with Crippen LogP contribution in [0, 0.1) is 0 Å². The van der Waals surface area contributed by atoms with Crippen molar-refractivity contribution in [3.8, 4) is 0 Å². The van der Waals surface area contributed by atoms with Gasteiger partial charge in [-0.15, -0.1) is 0 Å². The standard InChI is InChI=1S/C11H12BrN3O5/c12-6-1-2-8(7(5-6)9(16)17)15-11(19)14-3-4-20-10(13)18/h1-2,5H,3-4H2,(H2,13,18)(H,16,17)(H2,14,15,19). The summed E-state index contributed by atoms with van der Waals surface area (Å²) in [6, 6.07) is 3.79. The predicted molar refractivity (Wildman–Crippen MR) is 73.7 cm³/mol. The van der Waals surface area contributed by atoms with Crippen molar-refractivity contribution in [2.45, 2.75) is 0 Å².